The molecule has 0 radical (unpaired) electrons. The van der Waals surface area contributed by atoms with E-state index in [2.05, 4.69) is 59.4 Å². The van der Waals surface area contributed by atoms with Crippen LogP contribution >= 0.6 is 0 Å². The first kappa shape index (κ1) is 12.4. The quantitative estimate of drug-likeness (QED) is 0.910. The lowest BCUT2D eigenvalue weighted by molar-refractivity contribution is 0.413. The molecule has 3 rings (SSSR count). The summed E-state index contributed by atoms with van der Waals surface area (Å²) in [5.74, 6) is 0. The van der Waals surface area contributed by atoms with E-state index in [1.165, 1.54) is 17.5 Å². The molecular weight excluding hydrogens is 234 g/mol. The molecule has 3 heteroatoms. The molecule has 1 aromatic carbocycles. The zero-order valence-electron chi connectivity index (χ0n) is 11.7. The molecule has 0 unspecified atom stereocenters. The van der Waals surface area contributed by atoms with E-state index >= 15 is 0 Å². The van der Waals surface area contributed by atoms with Gasteiger partial charge in [-0.15, -0.1) is 0 Å². The molecule has 1 fully saturated rings. The number of nitrogens with one attached hydrogen (secondary N) is 1. The van der Waals surface area contributed by atoms with Crippen molar-refractivity contribution in [3.8, 4) is 0 Å². The standard InChI is InChI=1S/C16H21N3/c1-3-8-19(13-10-17-11-13)16-9-12(2)18-15-7-5-4-6-14(15)16/h4-7,9,13,17H,3,8,10-11H2,1-2H3. The zero-order chi connectivity index (χ0) is 13.2. The summed E-state index contributed by atoms with van der Waals surface area (Å²) in [6, 6.07) is 11.3. The first-order valence-corrected chi connectivity index (χ1v) is 7.13. The Kier molecular flexibility index (Phi) is 3.38. The second-order valence-electron chi connectivity index (χ2n) is 5.31. The normalized spacial score (nSPS) is 15.5. The Bertz CT molecular complexity index is 575. The van der Waals surface area contributed by atoms with Gasteiger partial charge in [0.2, 0.25) is 0 Å². The number of para-hydroxylation sites is 1. The van der Waals surface area contributed by atoms with Crippen molar-refractivity contribution in [2.24, 2.45) is 0 Å². The Morgan fingerprint density at radius 1 is 1.32 bits per heavy atom. The Balaban J connectivity index is 2.10. The van der Waals surface area contributed by atoms with Crippen molar-refractivity contribution in [3.63, 3.8) is 0 Å². The minimum atomic E-state index is 0.630. The molecule has 100 valence electrons. The van der Waals surface area contributed by atoms with Crippen LogP contribution in [-0.4, -0.2) is 30.7 Å². The van der Waals surface area contributed by atoms with Crippen LogP contribution in [0.2, 0.25) is 0 Å². The molecule has 1 aliphatic heterocycles. The first-order valence-electron chi connectivity index (χ1n) is 7.13. The Morgan fingerprint density at radius 2 is 2.11 bits per heavy atom. The number of hydrogen-bond donors (Lipinski definition) is 1. The summed E-state index contributed by atoms with van der Waals surface area (Å²) in [7, 11) is 0. The fraction of sp³-hybridized carbons (Fsp3) is 0.438. The van der Waals surface area contributed by atoms with Crippen LogP contribution in [0.15, 0.2) is 30.3 Å². The third kappa shape index (κ3) is 2.30. The lowest BCUT2D eigenvalue weighted by Crippen LogP contribution is -2.57. The number of hydrogen-bond acceptors (Lipinski definition) is 3. The van der Waals surface area contributed by atoms with Crippen LogP contribution in [0.3, 0.4) is 0 Å². The van der Waals surface area contributed by atoms with E-state index in [0.29, 0.717) is 6.04 Å². The third-order valence-electron chi connectivity index (χ3n) is 3.80. The van der Waals surface area contributed by atoms with Crippen molar-refractivity contribution in [1.29, 1.82) is 0 Å². The van der Waals surface area contributed by atoms with Crippen LogP contribution in [0.1, 0.15) is 19.0 Å². The van der Waals surface area contributed by atoms with Gasteiger partial charge in [0.05, 0.1) is 11.6 Å². The summed E-state index contributed by atoms with van der Waals surface area (Å²) in [6.45, 7) is 7.62. The molecule has 0 saturated carbocycles. The number of aromatic nitrogens is 1. The third-order valence-corrected chi connectivity index (χ3v) is 3.80. The summed E-state index contributed by atoms with van der Waals surface area (Å²) >= 11 is 0. The van der Waals surface area contributed by atoms with Gasteiger partial charge in [-0.1, -0.05) is 25.1 Å². The van der Waals surface area contributed by atoms with Gasteiger partial charge in [-0.05, 0) is 25.5 Å². The maximum atomic E-state index is 4.64. The molecule has 0 bridgehead atoms. The van der Waals surface area contributed by atoms with Crippen molar-refractivity contribution in [2.45, 2.75) is 26.3 Å². The SMILES string of the molecule is CCCN(c1cc(C)nc2ccccc12)C1CNC1. The average Bonchev–Trinajstić information content (AvgIpc) is 2.35. The van der Waals surface area contributed by atoms with Crippen molar-refractivity contribution in [1.82, 2.24) is 10.3 Å². The van der Waals surface area contributed by atoms with Crippen LogP contribution in [0, 0.1) is 6.92 Å². The molecule has 1 saturated heterocycles. The van der Waals surface area contributed by atoms with Gasteiger partial charge in [-0.25, -0.2) is 0 Å². The van der Waals surface area contributed by atoms with Crippen molar-refractivity contribution in [3.05, 3.63) is 36.0 Å². The van der Waals surface area contributed by atoms with Crippen LogP contribution in [-0.2, 0) is 0 Å². The smallest absolute Gasteiger partial charge is 0.0726 e. The van der Waals surface area contributed by atoms with E-state index in [9.17, 15) is 0 Å². The van der Waals surface area contributed by atoms with Gasteiger partial charge in [0.25, 0.3) is 0 Å². The van der Waals surface area contributed by atoms with Crippen molar-refractivity contribution in [2.75, 3.05) is 24.5 Å². The number of rotatable bonds is 4. The van der Waals surface area contributed by atoms with E-state index in [1.54, 1.807) is 0 Å². The van der Waals surface area contributed by atoms with E-state index < -0.39 is 0 Å². The first-order chi connectivity index (χ1) is 9.29. The van der Waals surface area contributed by atoms with Crippen LogP contribution in [0.4, 0.5) is 5.69 Å². The fourth-order valence-corrected chi connectivity index (χ4v) is 2.76. The summed E-state index contributed by atoms with van der Waals surface area (Å²) < 4.78 is 0. The highest BCUT2D eigenvalue weighted by molar-refractivity contribution is 5.92. The molecule has 3 nitrogen and oxygen atoms in total. The molecule has 1 N–H and O–H groups in total. The largest absolute Gasteiger partial charge is 0.365 e. The lowest BCUT2D eigenvalue weighted by atomic mass is 10.1. The van der Waals surface area contributed by atoms with Crippen LogP contribution in [0.5, 0.6) is 0 Å². The van der Waals surface area contributed by atoms with Gasteiger partial charge in [-0.2, -0.15) is 0 Å². The Labute approximate surface area is 114 Å². The maximum Gasteiger partial charge on any atom is 0.0726 e. The molecule has 19 heavy (non-hydrogen) atoms. The summed E-state index contributed by atoms with van der Waals surface area (Å²) in [6.07, 6.45) is 1.17. The molecular formula is C16H21N3. The fourth-order valence-electron chi connectivity index (χ4n) is 2.76. The van der Waals surface area contributed by atoms with Gasteiger partial charge in [0.1, 0.15) is 0 Å². The minimum Gasteiger partial charge on any atom is -0.365 e. The number of aryl methyl sites for hydroxylation is 1. The highest BCUT2D eigenvalue weighted by Gasteiger charge is 2.25. The molecule has 0 atom stereocenters. The van der Waals surface area contributed by atoms with Gasteiger partial charge in [-0.3, -0.25) is 4.98 Å². The van der Waals surface area contributed by atoms with E-state index in [1.807, 2.05) is 0 Å². The number of anilines is 1. The van der Waals surface area contributed by atoms with E-state index in [4.69, 9.17) is 0 Å². The summed E-state index contributed by atoms with van der Waals surface area (Å²) in [5, 5.41) is 4.65. The summed E-state index contributed by atoms with van der Waals surface area (Å²) in [4.78, 5) is 7.19. The second kappa shape index (κ2) is 5.17. The molecule has 2 heterocycles. The molecule has 0 aliphatic carbocycles. The number of pyridine rings is 1. The van der Waals surface area contributed by atoms with Gasteiger partial charge in [0.15, 0.2) is 0 Å². The van der Waals surface area contributed by atoms with Gasteiger partial charge < -0.3 is 10.2 Å². The van der Waals surface area contributed by atoms with Crippen molar-refractivity contribution < 1.29 is 0 Å². The average molecular weight is 255 g/mol. The number of fused-ring (bicyclic) bond motifs is 1. The maximum absolute atomic E-state index is 4.64. The highest BCUT2D eigenvalue weighted by Crippen LogP contribution is 2.29. The lowest BCUT2D eigenvalue weighted by Gasteiger charge is -2.40. The predicted octanol–water partition coefficient (Wildman–Crippen LogP) is 2.73. The van der Waals surface area contributed by atoms with E-state index in [0.717, 1.165) is 30.8 Å². The van der Waals surface area contributed by atoms with E-state index in [-0.39, 0.29) is 0 Å². The van der Waals surface area contributed by atoms with Gasteiger partial charge >= 0.3 is 0 Å². The second-order valence-corrected chi connectivity index (χ2v) is 5.31. The van der Waals surface area contributed by atoms with Crippen LogP contribution in [0.25, 0.3) is 10.9 Å². The molecule has 1 aromatic heterocycles. The summed E-state index contributed by atoms with van der Waals surface area (Å²) in [5.41, 5.74) is 3.55. The monoisotopic (exact) mass is 255 g/mol. The van der Waals surface area contributed by atoms with Gasteiger partial charge in [0, 0.05) is 36.4 Å². The zero-order valence-corrected chi connectivity index (χ0v) is 11.7. The number of nitrogens with zero attached hydrogens (tertiary/aromatic N) is 2. The van der Waals surface area contributed by atoms with Crippen LogP contribution < -0.4 is 10.2 Å². The highest BCUT2D eigenvalue weighted by atomic mass is 15.2. The predicted molar refractivity (Wildman–Crippen MR) is 80.8 cm³/mol. The Hall–Kier alpha value is -1.61. The van der Waals surface area contributed by atoms with Crippen molar-refractivity contribution >= 4 is 16.6 Å². The molecule has 0 spiro atoms. The molecule has 1 aliphatic rings. The topological polar surface area (TPSA) is 28.2 Å². The molecule has 0 amide bonds. The molecule has 2 aromatic rings. The number of benzene rings is 1. The minimum absolute atomic E-state index is 0.630. The Morgan fingerprint density at radius 3 is 2.79 bits per heavy atom.